The number of halogens is 2. The topological polar surface area (TPSA) is 137 Å². The molecule has 1 amide bonds. The second-order valence-electron chi connectivity index (χ2n) is 12.1. The maximum atomic E-state index is 14.2. The van der Waals surface area contributed by atoms with Gasteiger partial charge in [0.25, 0.3) is 0 Å². The van der Waals surface area contributed by atoms with E-state index in [9.17, 15) is 9.18 Å². The molecule has 3 N–H and O–H groups in total. The summed E-state index contributed by atoms with van der Waals surface area (Å²) in [6, 6.07) is 16.5. The van der Waals surface area contributed by atoms with Gasteiger partial charge >= 0.3 is 0 Å². The summed E-state index contributed by atoms with van der Waals surface area (Å²) in [5.74, 6) is 2.26. The number of hydrogen-bond donors (Lipinski definition) is 2. The summed E-state index contributed by atoms with van der Waals surface area (Å²) in [6.45, 7) is 4.21. The third-order valence-corrected chi connectivity index (χ3v) is 9.92. The molecule has 2 aliphatic rings. The molecule has 48 heavy (non-hydrogen) atoms. The number of aromatic amines is 1. The zero-order chi connectivity index (χ0) is 33.0. The normalized spacial score (nSPS) is 17.1. The van der Waals surface area contributed by atoms with Gasteiger partial charge in [0.2, 0.25) is 16.9 Å². The maximum Gasteiger partial charge on any atom is 0.218 e. The number of hydrogen-bond acceptors (Lipinski definition) is 9. The Hall–Kier alpha value is -4.04. The summed E-state index contributed by atoms with van der Waals surface area (Å²) >= 11 is 7.27. The van der Waals surface area contributed by atoms with Crippen LogP contribution in [0.25, 0.3) is 22.4 Å². The largest absolute Gasteiger partial charge is 0.473 e. The number of pyridine rings is 1. The smallest absolute Gasteiger partial charge is 0.218 e. The number of ether oxygens (including phenoxy) is 2. The lowest BCUT2D eigenvalue weighted by molar-refractivity contribution is -0.117. The lowest BCUT2D eigenvalue weighted by Gasteiger charge is -2.32. The first-order valence-corrected chi connectivity index (χ1v) is 17.4. The highest BCUT2D eigenvalue weighted by Crippen LogP contribution is 2.31. The van der Waals surface area contributed by atoms with Crippen molar-refractivity contribution in [3.8, 4) is 17.3 Å². The predicted molar refractivity (Wildman–Crippen MR) is 181 cm³/mol. The number of amides is 1. The summed E-state index contributed by atoms with van der Waals surface area (Å²) in [4.78, 5) is 28.0. The summed E-state index contributed by atoms with van der Waals surface area (Å²) in [7, 11) is 0. The number of rotatable bonds is 13. The molecule has 0 radical (unpaired) electrons. The highest BCUT2D eigenvalue weighted by atomic mass is 35.5. The second kappa shape index (κ2) is 14.6. The van der Waals surface area contributed by atoms with Gasteiger partial charge in [0.15, 0.2) is 5.82 Å². The van der Waals surface area contributed by atoms with E-state index in [2.05, 4.69) is 30.7 Å². The van der Waals surface area contributed by atoms with Gasteiger partial charge in [0, 0.05) is 52.6 Å². The van der Waals surface area contributed by atoms with E-state index in [0.29, 0.717) is 39.1 Å². The summed E-state index contributed by atoms with van der Waals surface area (Å²) in [6.07, 6.45) is 3.43. The lowest BCUT2D eigenvalue weighted by Crippen LogP contribution is -2.35. The highest BCUT2D eigenvalue weighted by Gasteiger charge is 2.26. The molecule has 250 valence electrons. The van der Waals surface area contributed by atoms with Gasteiger partial charge in [-0.05, 0) is 68.8 Å². The van der Waals surface area contributed by atoms with Gasteiger partial charge in [-0.25, -0.2) is 19.3 Å². The summed E-state index contributed by atoms with van der Waals surface area (Å²) in [5.41, 5.74) is 9.53. The zero-order valence-corrected chi connectivity index (χ0v) is 27.9. The van der Waals surface area contributed by atoms with Gasteiger partial charge in [-0.3, -0.25) is 14.8 Å². The number of aromatic nitrogens is 6. The van der Waals surface area contributed by atoms with Crippen molar-refractivity contribution in [2.45, 2.75) is 62.6 Å². The Morgan fingerprint density at radius 1 is 1.10 bits per heavy atom. The van der Waals surface area contributed by atoms with E-state index in [1.54, 1.807) is 18.2 Å². The minimum Gasteiger partial charge on any atom is -0.473 e. The number of fused-ring (bicyclic) bond motifs is 1. The van der Waals surface area contributed by atoms with Gasteiger partial charge < -0.3 is 19.8 Å². The molecule has 2 fully saturated rings. The molecule has 2 saturated heterocycles. The van der Waals surface area contributed by atoms with Crippen molar-refractivity contribution in [1.29, 1.82) is 0 Å². The fourth-order valence-corrected chi connectivity index (χ4v) is 6.99. The van der Waals surface area contributed by atoms with Gasteiger partial charge in [0.1, 0.15) is 18.2 Å². The van der Waals surface area contributed by atoms with E-state index >= 15 is 0 Å². The van der Waals surface area contributed by atoms with Crippen LogP contribution in [0.3, 0.4) is 0 Å². The molecule has 5 heterocycles. The van der Waals surface area contributed by atoms with Gasteiger partial charge in [-0.2, -0.15) is 0 Å². The van der Waals surface area contributed by atoms with Crippen molar-refractivity contribution < 1.29 is 18.7 Å². The SMILES string of the molecule is NC(=O)CCSc1n[nH]c(-c2ccc3c(c2)nc(CN2CCC(c4cccc(OCc5ccc(Cl)cc5F)n4)CC2)n3C[C@@H]2CCO2)n1. The van der Waals surface area contributed by atoms with Crippen LogP contribution in [0.15, 0.2) is 59.8 Å². The average Bonchev–Trinajstić information content (AvgIpc) is 3.66. The Kier molecular flexibility index (Phi) is 9.89. The van der Waals surface area contributed by atoms with Crippen molar-refractivity contribution in [3.05, 3.63) is 82.5 Å². The number of primary amides is 1. The monoisotopic (exact) mass is 690 g/mol. The maximum absolute atomic E-state index is 14.2. The molecule has 0 unspecified atom stereocenters. The van der Waals surface area contributed by atoms with Gasteiger partial charge in [0.05, 0.1) is 30.2 Å². The first kappa shape index (κ1) is 32.5. The first-order chi connectivity index (χ1) is 23.4. The molecule has 0 bridgehead atoms. The van der Waals surface area contributed by atoms with Crippen molar-refractivity contribution in [2.75, 3.05) is 25.4 Å². The number of H-pyrrole nitrogens is 1. The molecule has 0 spiro atoms. The number of imidazole rings is 1. The van der Waals surface area contributed by atoms with Gasteiger partial charge in [-0.15, -0.1) is 5.10 Å². The Bertz CT molecular complexity index is 1910. The van der Waals surface area contributed by atoms with Crippen LogP contribution >= 0.6 is 23.4 Å². The molecule has 2 aliphatic heterocycles. The molecule has 0 aliphatic carbocycles. The van der Waals surface area contributed by atoms with Crippen LogP contribution in [-0.2, 0) is 29.2 Å². The number of carbonyl (C=O) groups is 1. The van der Waals surface area contributed by atoms with E-state index < -0.39 is 5.82 Å². The number of piperidine rings is 1. The van der Waals surface area contributed by atoms with Crippen LogP contribution in [0, 0.1) is 5.82 Å². The van der Waals surface area contributed by atoms with E-state index in [1.807, 2.05) is 24.3 Å². The lowest BCUT2D eigenvalue weighted by atomic mass is 9.93. The van der Waals surface area contributed by atoms with E-state index in [1.165, 1.54) is 17.8 Å². The highest BCUT2D eigenvalue weighted by molar-refractivity contribution is 7.99. The molecule has 0 saturated carbocycles. The molecule has 3 aromatic heterocycles. The zero-order valence-electron chi connectivity index (χ0n) is 26.3. The quantitative estimate of drug-likeness (QED) is 0.149. The summed E-state index contributed by atoms with van der Waals surface area (Å²) < 4.78 is 28.2. The number of carbonyl (C=O) groups excluding carboxylic acids is 1. The molecule has 14 heteroatoms. The number of thioether (sulfide) groups is 1. The van der Waals surface area contributed by atoms with Crippen molar-refractivity contribution in [3.63, 3.8) is 0 Å². The fourth-order valence-electron chi connectivity index (χ4n) is 6.08. The minimum atomic E-state index is -0.391. The Labute approximate surface area is 286 Å². The third-order valence-electron chi connectivity index (χ3n) is 8.83. The number of likely N-dealkylation sites (tertiary alicyclic amines) is 1. The van der Waals surface area contributed by atoms with Crippen molar-refractivity contribution >= 4 is 40.3 Å². The molecule has 7 rings (SSSR count). The van der Waals surface area contributed by atoms with Crippen LogP contribution in [-0.4, -0.2) is 72.1 Å². The van der Waals surface area contributed by atoms with Crippen molar-refractivity contribution in [1.82, 2.24) is 34.6 Å². The molecule has 2 aromatic carbocycles. The summed E-state index contributed by atoms with van der Waals surface area (Å²) in [5, 5.41) is 8.22. The second-order valence-corrected chi connectivity index (χ2v) is 13.6. The molecular formula is C34H36ClFN8O3S. The third kappa shape index (κ3) is 7.64. The van der Waals surface area contributed by atoms with Crippen LogP contribution in [0.2, 0.25) is 5.02 Å². The molecule has 5 aromatic rings. The number of nitrogens with one attached hydrogen (secondary N) is 1. The molecule has 11 nitrogen and oxygen atoms in total. The Morgan fingerprint density at radius 3 is 2.73 bits per heavy atom. The van der Waals surface area contributed by atoms with Gasteiger partial charge in [-0.1, -0.05) is 35.5 Å². The Morgan fingerprint density at radius 2 is 1.96 bits per heavy atom. The van der Waals surface area contributed by atoms with Crippen LogP contribution in [0.1, 0.15) is 48.7 Å². The number of nitrogens with zero attached hydrogens (tertiary/aromatic N) is 6. The van der Waals surface area contributed by atoms with E-state index in [4.69, 9.17) is 36.8 Å². The Balaban J connectivity index is 1.01. The van der Waals surface area contributed by atoms with Crippen molar-refractivity contribution in [2.24, 2.45) is 5.73 Å². The minimum absolute atomic E-state index is 0.0865. The molecule has 1 atom stereocenters. The first-order valence-electron chi connectivity index (χ1n) is 16.1. The molecular weight excluding hydrogens is 655 g/mol. The number of benzene rings is 2. The number of nitrogens with two attached hydrogens (primary N) is 1. The van der Waals surface area contributed by atoms with Crippen LogP contribution in [0.4, 0.5) is 4.39 Å². The average molecular weight is 691 g/mol. The standard InChI is InChI=1S/C34H36ClFN8O3S/c35-24-6-4-23(26(36)17-24)20-47-32-3-1-2-27(39-32)21-8-12-43(13-9-21)19-31-38-28-16-22(5-7-29(28)44(31)18-25-10-14-46-25)33-40-34(42-41-33)48-15-11-30(37)45/h1-7,16-17,21,25H,8-15,18-20H2,(H2,37,45)(H,40,41,42)/t25-/m0/s1. The van der Waals surface area contributed by atoms with E-state index in [0.717, 1.165) is 80.2 Å². The van der Waals surface area contributed by atoms with Crippen LogP contribution in [0.5, 0.6) is 5.88 Å². The van der Waals surface area contributed by atoms with E-state index in [-0.39, 0.29) is 25.0 Å². The van der Waals surface area contributed by atoms with Crippen LogP contribution < -0.4 is 10.5 Å². The predicted octanol–water partition coefficient (Wildman–Crippen LogP) is 5.72. The fraction of sp³-hybridized carbons (Fsp3) is 0.382.